The molecule has 1 aliphatic heterocycles. The molecule has 6 heteroatoms. The molecular formula is C21H27FN4O. The lowest BCUT2D eigenvalue weighted by Gasteiger charge is -2.26. The minimum atomic E-state index is -0.277. The number of aromatic nitrogens is 1. The number of pyridine rings is 1. The first-order chi connectivity index (χ1) is 13.2. The molecular weight excluding hydrogens is 343 g/mol. The predicted molar refractivity (Wildman–Crippen MR) is 106 cm³/mol. The van der Waals surface area contributed by atoms with Gasteiger partial charge in [-0.25, -0.2) is 9.18 Å². The Balaban J connectivity index is 1.40. The molecule has 2 heterocycles. The third-order valence-corrected chi connectivity index (χ3v) is 4.81. The summed E-state index contributed by atoms with van der Waals surface area (Å²) in [6.07, 6.45) is 9.34. The van der Waals surface area contributed by atoms with Crippen molar-refractivity contribution in [3.8, 4) is 11.1 Å². The number of rotatable bonds is 7. The predicted octanol–water partition coefficient (Wildman–Crippen LogP) is 4.28. The van der Waals surface area contributed by atoms with Crippen molar-refractivity contribution in [1.82, 2.24) is 15.2 Å². The minimum absolute atomic E-state index is 0.231. The Kier molecular flexibility index (Phi) is 7.16. The molecule has 1 aliphatic rings. The number of anilines is 1. The number of hydrogen-bond donors (Lipinski definition) is 2. The third-order valence-electron chi connectivity index (χ3n) is 4.81. The second kappa shape index (κ2) is 10.0. The van der Waals surface area contributed by atoms with E-state index in [0.717, 1.165) is 30.5 Å². The van der Waals surface area contributed by atoms with Gasteiger partial charge in [-0.2, -0.15) is 0 Å². The Labute approximate surface area is 160 Å². The van der Waals surface area contributed by atoms with E-state index in [0.29, 0.717) is 12.2 Å². The molecule has 2 aromatic rings. The molecule has 1 aromatic carbocycles. The third kappa shape index (κ3) is 6.32. The molecule has 0 aliphatic carbocycles. The second-order valence-corrected chi connectivity index (χ2v) is 6.96. The molecule has 0 bridgehead atoms. The fourth-order valence-electron chi connectivity index (χ4n) is 3.33. The van der Waals surface area contributed by atoms with Gasteiger partial charge in [0.1, 0.15) is 5.82 Å². The molecule has 1 saturated heterocycles. The zero-order chi connectivity index (χ0) is 18.9. The quantitative estimate of drug-likeness (QED) is 0.716. The topological polar surface area (TPSA) is 57.3 Å². The average molecular weight is 370 g/mol. The van der Waals surface area contributed by atoms with Gasteiger partial charge in [0.25, 0.3) is 0 Å². The Morgan fingerprint density at radius 1 is 1.04 bits per heavy atom. The van der Waals surface area contributed by atoms with Crippen LogP contribution in [0.1, 0.15) is 32.1 Å². The summed E-state index contributed by atoms with van der Waals surface area (Å²) in [6, 6.07) is 7.80. The van der Waals surface area contributed by atoms with Crippen LogP contribution in [0, 0.1) is 5.82 Å². The van der Waals surface area contributed by atoms with E-state index >= 15 is 0 Å². The smallest absolute Gasteiger partial charge is 0.319 e. The van der Waals surface area contributed by atoms with E-state index in [1.54, 1.807) is 24.5 Å². The van der Waals surface area contributed by atoms with Gasteiger partial charge >= 0.3 is 6.03 Å². The van der Waals surface area contributed by atoms with E-state index in [9.17, 15) is 9.18 Å². The maximum Gasteiger partial charge on any atom is 0.319 e. The summed E-state index contributed by atoms with van der Waals surface area (Å²) in [7, 11) is 0. The first kappa shape index (κ1) is 19.3. The summed E-state index contributed by atoms with van der Waals surface area (Å²) >= 11 is 0. The van der Waals surface area contributed by atoms with Crippen molar-refractivity contribution in [2.24, 2.45) is 0 Å². The molecule has 144 valence electrons. The molecule has 0 unspecified atom stereocenters. The van der Waals surface area contributed by atoms with Crippen molar-refractivity contribution < 1.29 is 9.18 Å². The molecule has 0 saturated carbocycles. The van der Waals surface area contributed by atoms with Crippen molar-refractivity contribution in [3.63, 3.8) is 0 Å². The zero-order valence-corrected chi connectivity index (χ0v) is 15.6. The van der Waals surface area contributed by atoms with E-state index in [-0.39, 0.29) is 11.8 Å². The Bertz CT molecular complexity index is 729. The molecule has 1 fully saturated rings. The van der Waals surface area contributed by atoms with Crippen LogP contribution in [0.15, 0.2) is 42.7 Å². The number of hydrogen-bond acceptors (Lipinski definition) is 3. The Morgan fingerprint density at radius 2 is 1.81 bits per heavy atom. The number of benzene rings is 1. The second-order valence-electron chi connectivity index (χ2n) is 6.96. The van der Waals surface area contributed by atoms with Crippen molar-refractivity contribution in [2.45, 2.75) is 32.1 Å². The van der Waals surface area contributed by atoms with Gasteiger partial charge in [0.15, 0.2) is 0 Å². The lowest BCUT2D eigenvalue weighted by Crippen LogP contribution is -2.32. The number of unbranched alkanes of at least 4 members (excludes halogenated alkanes) is 1. The van der Waals surface area contributed by atoms with Gasteiger partial charge in [-0.3, -0.25) is 4.98 Å². The number of halogens is 1. The lowest BCUT2D eigenvalue weighted by atomic mass is 10.1. The summed E-state index contributed by atoms with van der Waals surface area (Å²) in [5.74, 6) is -0.277. The highest BCUT2D eigenvalue weighted by atomic mass is 19.1. The number of urea groups is 1. The van der Waals surface area contributed by atoms with E-state index in [4.69, 9.17) is 0 Å². The van der Waals surface area contributed by atoms with E-state index in [2.05, 4.69) is 20.5 Å². The van der Waals surface area contributed by atoms with Crippen LogP contribution >= 0.6 is 0 Å². The Hall–Kier alpha value is -2.47. The summed E-state index contributed by atoms with van der Waals surface area (Å²) < 4.78 is 13.0. The van der Waals surface area contributed by atoms with Gasteiger partial charge in [-0.1, -0.05) is 18.6 Å². The van der Waals surface area contributed by atoms with E-state index < -0.39 is 0 Å². The molecule has 0 radical (unpaired) electrons. The maximum atomic E-state index is 13.0. The fraction of sp³-hybridized carbons (Fsp3) is 0.429. The number of likely N-dealkylation sites (tertiary alicyclic amines) is 1. The lowest BCUT2D eigenvalue weighted by molar-refractivity contribution is 0.224. The van der Waals surface area contributed by atoms with Crippen molar-refractivity contribution >= 4 is 11.7 Å². The van der Waals surface area contributed by atoms with Crippen molar-refractivity contribution in [2.75, 3.05) is 31.5 Å². The standard InChI is InChI=1S/C21H27FN4O/c22-19-8-6-17(7-9-19)18-14-20(16-23-15-18)25-21(27)24-10-2-5-13-26-11-3-1-4-12-26/h6-9,14-16H,1-5,10-13H2,(H2,24,25,27). The number of nitrogens with zero attached hydrogens (tertiary/aromatic N) is 2. The fourth-order valence-corrected chi connectivity index (χ4v) is 3.33. The summed E-state index contributed by atoms with van der Waals surface area (Å²) in [4.78, 5) is 18.7. The maximum absolute atomic E-state index is 13.0. The highest BCUT2D eigenvalue weighted by molar-refractivity contribution is 5.89. The van der Waals surface area contributed by atoms with Crippen LogP contribution in [0.5, 0.6) is 0 Å². The van der Waals surface area contributed by atoms with Crippen LogP contribution < -0.4 is 10.6 Å². The van der Waals surface area contributed by atoms with E-state index in [1.165, 1.54) is 44.5 Å². The summed E-state index contributed by atoms with van der Waals surface area (Å²) in [5, 5.41) is 5.70. The summed E-state index contributed by atoms with van der Waals surface area (Å²) in [6.45, 7) is 4.20. The summed E-state index contributed by atoms with van der Waals surface area (Å²) in [5.41, 5.74) is 2.29. The van der Waals surface area contributed by atoms with Crippen LogP contribution in [0.3, 0.4) is 0 Å². The van der Waals surface area contributed by atoms with E-state index in [1.807, 2.05) is 6.07 Å². The number of amides is 2. The van der Waals surface area contributed by atoms with Crippen molar-refractivity contribution in [1.29, 1.82) is 0 Å². The van der Waals surface area contributed by atoms with Gasteiger partial charge in [0.2, 0.25) is 0 Å². The van der Waals surface area contributed by atoms with Crippen LogP contribution in [0.4, 0.5) is 14.9 Å². The molecule has 0 atom stereocenters. The molecule has 27 heavy (non-hydrogen) atoms. The largest absolute Gasteiger partial charge is 0.338 e. The van der Waals surface area contributed by atoms with Gasteiger partial charge in [-0.15, -0.1) is 0 Å². The highest BCUT2D eigenvalue weighted by Crippen LogP contribution is 2.21. The van der Waals surface area contributed by atoms with Crippen LogP contribution in [-0.4, -0.2) is 42.1 Å². The SMILES string of the molecule is O=C(NCCCCN1CCCCC1)Nc1cncc(-c2ccc(F)cc2)c1. The molecule has 1 aromatic heterocycles. The number of nitrogens with one attached hydrogen (secondary N) is 2. The molecule has 2 amide bonds. The molecule has 2 N–H and O–H groups in total. The molecule has 3 rings (SSSR count). The average Bonchev–Trinajstić information content (AvgIpc) is 2.69. The van der Waals surface area contributed by atoms with Gasteiger partial charge in [0.05, 0.1) is 11.9 Å². The van der Waals surface area contributed by atoms with Crippen LogP contribution in [0.25, 0.3) is 11.1 Å². The van der Waals surface area contributed by atoms with Gasteiger partial charge in [-0.05, 0) is 69.1 Å². The van der Waals surface area contributed by atoms with Crippen molar-refractivity contribution in [3.05, 3.63) is 48.5 Å². The van der Waals surface area contributed by atoms with Gasteiger partial charge in [0, 0.05) is 18.3 Å². The number of carbonyl (C=O) groups is 1. The van der Waals surface area contributed by atoms with Crippen LogP contribution in [-0.2, 0) is 0 Å². The normalized spacial score (nSPS) is 14.7. The minimum Gasteiger partial charge on any atom is -0.338 e. The molecule has 0 spiro atoms. The van der Waals surface area contributed by atoms with Gasteiger partial charge < -0.3 is 15.5 Å². The first-order valence-electron chi connectivity index (χ1n) is 9.69. The Morgan fingerprint density at radius 3 is 2.59 bits per heavy atom. The zero-order valence-electron chi connectivity index (χ0n) is 15.6. The highest BCUT2D eigenvalue weighted by Gasteiger charge is 2.09. The monoisotopic (exact) mass is 370 g/mol. The number of carbonyl (C=O) groups excluding carboxylic acids is 1. The first-order valence-corrected chi connectivity index (χ1v) is 9.69. The van der Waals surface area contributed by atoms with Crippen LogP contribution in [0.2, 0.25) is 0 Å². The molecule has 5 nitrogen and oxygen atoms in total. The number of piperidine rings is 1.